The van der Waals surface area contributed by atoms with Crippen LogP contribution in [0.4, 0.5) is 9.59 Å². The van der Waals surface area contributed by atoms with Crippen molar-refractivity contribution < 1.29 is 43.0 Å². The molecular weight excluding hydrogens is 520 g/mol. The fourth-order valence-electron chi connectivity index (χ4n) is 3.68. The third-order valence-electron chi connectivity index (χ3n) is 5.74. The molecule has 0 unspecified atom stereocenters. The lowest BCUT2D eigenvalue weighted by atomic mass is 10.1. The molecule has 0 aliphatic carbocycles. The first-order chi connectivity index (χ1) is 19.4. The van der Waals surface area contributed by atoms with Gasteiger partial charge in [0.2, 0.25) is 0 Å². The highest BCUT2D eigenvalue weighted by atomic mass is 16.7. The number of alkyl carbamates (subject to hydrolysis) is 1. The molecule has 3 aromatic carbocycles. The second-order valence-electron chi connectivity index (χ2n) is 8.73. The summed E-state index contributed by atoms with van der Waals surface area (Å²) in [6.07, 6.45) is -2.00. The number of nitrogens with one attached hydrogen (secondary N) is 1. The predicted octanol–water partition coefficient (Wildman–Crippen LogP) is 3.85. The third kappa shape index (κ3) is 8.15. The molecule has 0 saturated carbocycles. The van der Waals surface area contributed by atoms with Gasteiger partial charge in [0.1, 0.15) is 25.0 Å². The van der Waals surface area contributed by atoms with Gasteiger partial charge in [-0.05, 0) is 28.8 Å². The topological polar surface area (TPSA) is 138 Å². The molecule has 1 fully saturated rings. The Labute approximate surface area is 229 Å². The van der Waals surface area contributed by atoms with E-state index in [2.05, 4.69) is 5.32 Å². The Hall–Kier alpha value is -5.19. The number of hydrogen-bond acceptors (Lipinski definition) is 9. The molecular formula is C29H26N2O9. The van der Waals surface area contributed by atoms with E-state index in [1.165, 1.54) is 12.1 Å². The van der Waals surface area contributed by atoms with Crippen molar-refractivity contribution in [2.75, 3.05) is 0 Å². The van der Waals surface area contributed by atoms with Gasteiger partial charge in [-0.15, -0.1) is 5.06 Å². The molecule has 1 heterocycles. The van der Waals surface area contributed by atoms with Gasteiger partial charge in [0.15, 0.2) is 0 Å². The maximum absolute atomic E-state index is 12.9. The molecule has 4 rings (SSSR count). The Bertz CT molecular complexity index is 1330. The van der Waals surface area contributed by atoms with E-state index in [0.29, 0.717) is 10.6 Å². The molecule has 1 aliphatic heterocycles. The summed E-state index contributed by atoms with van der Waals surface area (Å²) in [5.74, 6) is -2.12. The summed E-state index contributed by atoms with van der Waals surface area (Å²) in [5, 5.41) is 2.83. The molecule has 1 saturated heterocycles. The predicted molar refractivity (Wildman–Crippen MR) is 138 cm³/mol. The highest BCUT2D eigenvalue weighted by Gasteiger charge is 2.35. The van der Waals surface area contributed by atoms with Crippen molar-refractivity contribution in [1.29, 1.82) is 0 Å². The van der Waals surface area contributed by atoms with Crippen LogP contribution < -0.4 is 10.1 Å². The summed E-state index contributed by atoms with van der Waals surface area (Å²) in [6.45, 7) is 0.0135. The van der Waals surface area contributed by atoms with Crippen LogP contribution in [0.5, 0.6) is 5.75 Å². The number of hydrogen-bond donors (Lipinski definition) is 1. The first kappa shape index (κ1) is 27.8. The van der Waals surface area contributed by atoms with Crippen molar-refractivity contribution >= 4 is 30.0 Å². The van der Waals surface area contributed by atoms with E-state index >= 15 is 0 Å². The van der Waals surface area contributed by atoms with Gasteiger partial charge in [0, 0.05) is 19.3 Å². The molecule has 0 radical (unpaired) electrons. The Morgan fingerprint density at radius 3 is 1.85 bits per heavy atom. The van der Waals surface area contributed by atoms with Crippen LogP contribution in [0.15, 0.2) is 84.9 Å². The van der Waals surface area contributed by atoms with Gasteiger partial charge in [0.05, 0.1) is 0 Å². The van der Waals surface area contributed by atoms with E-state index < -0.39 is 36.1 Å². The van der Waals surface area contributed by atoms with Gasteiger partial charge in [-0.2, -0.15) is 0 Å². The Kier molecular flexibility index (Phi) is 9.44. The number of imide groups is 1. The average Bonchev–Trinajstić information content (AvgIpc) is 3.29. The van der Waals surface area contributed by atoms with E-state index in [0.717, 1.165) is 11.1 Å². The standard InChI is InChI=1S/C29H26N2O9/c32-25-15-16-26(33)31(25)40-27(34)24(30-28(35)37-18-21-7-3-1-4-8-21)17-20-11-13-23(14-12-20)39-29(36)38-19-22-9-5-2-6-10-22/h1-14,24H,15-19H2,(H,30,35)/t24-/m0/s1. The molecule has 3 aromatic rings. The molecule has 40 heavy (non-hydrogen) atoms. The molecule has 0 aromatic heterocycles. The van der Waals surface area contributed by atoms with Gasteiger partial charge in [-0.25, -0.2) is 14.4 Å². The SMILES string of the molecule is O=C(N[C@@H](Cc1ccc(OC(=O)OCc2ccccc2)cc1)C(=O)ON1C(=O)CCC1=O)OCc1ccccc1. The molecule has 0 bridgehead atoms. The van der Waals surface area contributed by atoms with Crippen LogP contribution in [0.25, 0.3) is 0 Å². The molecule has 11 heteroatoms. The zero-order chi connectivity index (χ0) is 28.3. The highest BCUT2D eigenvalue weighted by Crippen LogP contribution is 2.17. The summed E-state index contributed by atoms with van der Waals surface area (Å²) in [5.41, 5.74) is 2.09. The van der Waals surface area contributed by atoms with Crippen molar-refractivity contribution in [2.45, 2.75) is 38.5 Å². The van der Waals surface area contributed by atoms with E-state index in [-0.39, 0.29) is 38.2 Å². The van der Waals surface area contributed by atoms with Crippen LogP contribution in [0.3, 0.4) is 0 Å². The summed E-state index contributed by atoms with van der Waals surface area (Å²) in [7, 11) is 0. The van der Waals surface area contributed by atoms with Gasteiger partial charge >= 0.3 is 18.2 Å². The number of amides is 3. The third-order valence-corrected chi connectivity index (χ3v) is 5.74. The van der Waals surface area contributed by atoms with Crippen molar-refractivity contribution in [1.82, 2.24) is 10.4 Å². The van der Waals surface area contributed by atoms with Gasteiger partial charge in [0.25, 0.3) is 11.8 Å². The average molecular weight is 547 g/mol. The van der Waals surface area contributed by atoms with Crippen molar-refractivity contribution in [2.24, 2.45) is 0 Å². The number of hydroxylamine groups is 2. The Morgan fingerprint density at radius 2 is 1.27 bits per heavy atom. The Balaban J connectivity index is 1.36. The molecule has 11 nitrogen and oxygen atoms in total. The molecule has 3 amide bonds. The fourth-order valence-corrected chi connectivity index (χ4v) is 3.68. The number of nitrogens with zero attached hydrogens (tertiary/aromatic N) is 1. The van der Waals surface area contributed by atoms with Gasteiger partial charge in [-0.1, -0.05) is 72.8 Å². The minimum Gasteiger partial charge on any atom is -0.445 e. The first-order valence-electron chi connectivity index (χ1n) is 12.4. The van der Waals surface area contributed by atoms with E-state index in [4.69, 9.17) is 19.0 Å². The zero-order valence-corrected chi connectivity index (χ0v) is 21.3. The van der Waals surface area contributed by atoms with Crippen LogP contribution in [0, 0.1) is 0 Å². The second kappa shape index (κ2) is 13.6. The lowest BCUT2D eigenvalue weighted by Gasteiger charge is -2.20. The number of ether oxygens (including phenoxy) is 3. The van der Waals surface area contributed by atoms with E-state index in [9.17, 15) is 24.0 Å². The normalized spacial score (nSPS) is 13.3. The first-order valence-corrected chi connectivity index (χ1v) is 12.4. The smallest absolute Gasteiger partial charge is 0.445 e. The van der Waals surface area contributed by atoms with Crippen LogP contribution in [0.2, 0.25) is 0 Å². The maximum Gasteiger partial charge on any atom is 0.514 e. The van der Waals surface area contributed by atoms with Crippen LogP contribution >= 0.6 is 0 Å². The molecule has 206 valence electrons. The quantitative estimate of drug-likeness (QED) is 0.228. The van der Waals surface area contributed by atoms with Crippen LogP contribution in [-0.4, -0.2) is 41.1 Å². The zero-order valence-electron chi connectivity index (χ0n) is 21.3. The van der Waals surface area contributed by atoms with Crippen LogP contribution in [-0.2, 0) is 48.3 Å². The number of carbonyl (C=O) groups is 5. The van der Waals surface area contributed by atoms with E-state index in [1.54, 1.807) is 36.4 Å². The number of benzene rings is 3. The molecule has 0 spiro atoms. The second-order valence-corrected chi connectivity index (χ2v) is 8.73. The van der Waals surface area contributed by atoms with Crippen LogP contribution in [0.1, 0.15) is 29.5 Å². The van der Waals surface area contributed by atoms with Gasteiger partial charge in [-0.3, -0.25) is 9.59 Å². The van der Waals surface area contributed by atoms with Gasteiger partial charge < -0.3 is 24.4 Å². The molecule has 1 aliphatic rings. The monoisotopic (exact) mass is 546 g/mol. The minimum absolute atomic E-state index is 0.0378. The number of rotatable bonds is 10. The van der Waals surface area contributed by atoms with Crippen molar-refractivity contribution in [3.8, 4) is 5.75 Å². The maximum atomic E-state index is 12.9. The van der Waals surface area contributed by atoms with E-state index in [1.807, 2.05) is 36.4 Å². The summed E-state index contributed by atoms with van der Waals surface area (Å²) in [6, 6.07) is 22.9. The van der Waals surface area contributed by atoms with Crippen molar-refractivity contribution in [3.05, 3.63) is 102 Å². The lowest BCUT2D eigenvalue weighted by molar-refractivity contribution is -0.198. The summed E-state index contributed by atoms with van der Waals surface area (Å²) in [4.78, 5) is 66.2. The summed E-state index contributed by atoms with van der Waals surface area (Å²) >= 11 is 0. The lowest BCUT2D eigenvalue weighted by Crippen LogP contribution is -2.46. The molecule has 1 atom stereocenters. The van der Waals surface area contributed by atoms with Crippen molar-refractivity contribution in [3.63, 3.8) is 0 Å². The molecule has 1 N–H and O–H groups in total. The number of carbonyl (C=O) groups excluding carboxylic acids is 5. The Morgan fingerprint density at radius 1 is 0.725 bits per heavy atom. The minimum atomic E-state index is -1.30. The fraction of sp³-hybridized carbons (Fsp3) is 0.207. The highest BCUT2D eigenvalue weighted by molar-refractivity contribution is 6.01. The largest absolute Gasteiger partial charge is 0.514 e. The summed E-state index contributed by atoms with van der Waals surface area (Å²) < 4.78 is 15.5.